The Morgan fingerprint density at radius 2 is 2.17 bits per heavy atom. The number of ether oxygens (including phenoxy) is 1. The summed E-state index contributed by atoms with van der Waals surface area (Å²) in [5, 5.41) is 12.0. The van der Waals surface area contributed by atoms with Gasteiger partial charge in [0.05, 0.1) is 11.9 Å². The van der Waals surface area contributed by atoms with Gasteiger partial charge in [0, 0.05) is 26.7 Å². The van der Waals surface area contributed by atoms with Gasteiger partial charge in [-0.25, -0.2) is 0 Å². The minimum absolute atomic E-state index is 0.137. The standard InChI is InChI=1S/C15H26N4O2S2/c1-11(13(20)19(2)12-7-5-4-6-8-12)22-15-18-17-14(23-15)16-9-10-21-3/h11-12H,4-10H2,1-3H3,(H,16,17). The van der Waals surface area contributed by atoms with Crippen molar-refractivity contribution in [3.63, 3.8) is 0 Å². The molecule has 6 nitrogen and oxygen atoms in total. The lowest BCUT2D eigenvalue weighted by Gasteiger charge is -2.32. The van der Waals surface area contributed by atoms with Crippen molar-refractivity contribution >= 4 is 34.1 Å². The summed E-state index contributed by atoms with van der Waals surface area (Å²) in [6.07, 6.45) is 6.03. The minimum Gasteiger partial charge on any atom is -0.383 e. The highest BCUT2D eigenvalue weighted by atomic mass is 32.2. The number of hydrogen-bond acceptors (Lipinski definition) is 7. The second-order valence-corrected chi connectivity index (χ2v) is 8.36. The van der Waals surface area contributed by atoms with Gasteiger partial charge in [-0.15, -0.1) is 10.2 Å². The van der Waals surface area contributed by atoms with Gasteiger partial charge in [0.1, 0.15) is 0 Å². The number of carbonyl (C=O) groups excluding carboxylic acids is 1. The third-order valence-electron chi connectivity index (χ3n) is 4.08. The molecule has 1 aliphatic rings. The van der Waals surface area contributed by atoms with Crippen molar-refractivity contribution in [3.8, 4) is 0 Å². The van der Waals surface area contributed by atoms with Crippen LogP contribution < -0.4 is 5.32 Å². The number of nitrogens with one attached hydrogen (secondary N) is 1. The summed E-state index contributed by atoms with van der Waals surface area (Å²) in [5.41, 5.74) is 0. The smallest absolute Gasteiger partial charge is 0.235 e. The van der Waals surface area contributed by atoms with E-state index in [9.17, 15) is 4.79 Å². The van der Waals surface area contributed by atoms with Crippen LogP contribution in [-0.4, -0.2) is 59.6 Å². The van der Waals surface area contributed by atoms with Crippen LogP contribution in [0.3, 0.4) is 0 Å². The first kappa shape index (κ1) is 18.5. The average Bonchev–Trinajstić information content (AvgIpc) is 3.02. The molecule has 1 heterocycles. The van der Waals surface area contributed by atoms with E-state index in [0.29, 0.717) is 19.2 Å². The lowest BCUT2D eigenvalue weighted by molar-refractivity contribution is -0.131. The molecule has 130 valence electrons. The Morgan fingerprint density at radius 3 is 2.87 bits per heavy atom. The zero-order valence-corrected chi connectivity index (χ0v) is 15.7. The summed E-state index contributed by atoms with van der Waals surface area (Å²) in [4.78, 5) is 14.5. The van der Waals surface area contributed by atoms with Crippen molar-refractivity contribution in [2.24, 2.45) is 0 Å². The molecule has 1 aromatic rings. The zero-order chi connectivity index (χ0) is 16.7. The van der Waals surface area contributed by atoms with Crippen LogP contribution in [0.1, 0.15) is 39.0 Å². The molecule has 0 saturated heterocycles. The predicted octanol–water partition coefficient (Wildman–Crippen LogP) is 2.87. The molecule has 1 amide bonds. The van der Waals surface area contributed by atoms with E-state index in [0.717, 1.165) is 22.3 Å². The van der Waals surface area contributed by atoms with Crippen LogP contribution in [0, 0.1) is 0 Å². The van der Waals surface area contributed by atoms with Gasteiger partial charge in [-0.05, 0) is 19.8 Å². The molecule has 1 unspecified atom stereocenters. The summed E-state index contributed by atoms with van der Waals surface area (Å²) < 4.78 is 5.81. The monoisotopic (exact) mass is 358 g/mol. The quantitative estimate of drug-likeness (QED) is 0.569. The average molecular weight is 359 g/mol. The number of hydrogen-bond donors (Lipinski definition) is 1. The van der Waals surface area contributed by atoms with E-state index in [1.807, 2.05) is 18.9 Å². The first-order valence-electron chi connectivity index (χ1n) is 8.11. The highest BCUT2D eigenvalue weighted by Crippen LogP contribution is 2.30. The van der Waals surface area contributed by atoms with Gasteiger partial charge in [-0.1, -0.05) is 42.4 Å². The normalized spacial score (nSPS) is 17.0. The Hall–Kier alpha value is -0.860. The maximum Gasteiger partial charge on any atom is 0.235 e. The molecule has 1 N–H and O–H groups in total. The van der Waals surface area contributed by atoms with Crippen LogP contribution in [-0.2, 0) is 9.53 Å². The minimum atomic E-state index is -0.137. The molecule has 0 aliphatic heterocycles. The summed E-state index contributed by atoms with van der Waals surface area (Å²) in [6, 6.07) is 0.403. The number of anilines is 1. The fourth-order valence-corrected chi connectivity index (χ4v) is 4.75. The lowest BCUT2D eigenvalue weighted by Crippen LogP contribution is -2.42. The van der Waals surface area contributed by atoms with E-state index < -0.39 is 0 Å². The Kier molecular flexibility index (Phi) is 7.58. The predicted molar refractivity (Wildman–Crippen MR) is 95.2 cm³/mol. The lowest BCUT2D eigenvalue weighted by atomic mass is 9.94. The molecular formula is C15H26N4O2S2. The molecule has 0 aromatic carbocycles. The van der Waals surface area contributed by atoms with Gasteiger partial charge < -0.3 is 15.0 Å². The molecule has 1 saturated carbocycles. The van der Waals surface area contributed by atoms with Gasteiger partial charge in [-0.2, -0.15) is 0 Å². The molecule has 2 rings (SSSR count). The molecule has 1 aliphatic carbocycles. The number of aromatic nitrogens is 2. The van der Waals surface area contributed by atoms with Gasteiger partial charge >= 0.3 is 0 Å². The number of nitrogens with zero attached hydrogens (tertiary/aromatic N) is 3. The molecule has 8 heteroatoms. The number of methoxy groups -OCH3 is 1. The van der Waals surface area contributed by atoms with Crippen LogP contribution in [0.5, 0.6) is 0 Å². The summed E-state index contributed by atoms with van der Waals surface area (Å²) >= 11 is 2.97. The topological polar surface area (TPSA) is 67.3 Å². The molecule has 0 radical (unpaired) electrons. The molecule has 0 spiro atoms. The Labute approximate surface area is 146 Å². The van der Waals surface area contributed by atoms with E-state index in [1.165, 1.54) is 42.4 Å². The van der Waals surface area contributed by atoms with Gasteiger partial charge in [0.2, 0.25) is 11.0 Å². The van der Waals surface area contributed by atoms with Crippen LogP contribution in [0.25, 0.3) is 0 Å². The van der Waals surface area contributed by atoms with Crippen LogP contribution in [0.15, 0.2) is 4.34 Å². The Balaban J connectivity index is 1.82. The number of carbonyl (C=O) groups is 1. The van der Waals surface area contributed by atoms with Crippen LogP contribution >= 0.6 is 23.1 Å². The Bertz CT molecular complexity index is 492. The van der Waals surface area contributed by atoms with Gasteiger partial charge in [-0.3, -0.25) is 4.79 Å². The van der Waals surface area contributed by atoms with Crippen LogP contribution in [0.4, 0.5) is 5.13 Å². The third kappa shape index (κ3) is 5.61. The highest BCUT2D eigenvalue weighted by Gasteiger charge is 2.26. The summed E-state index contributed by atoms with van der Waals surface area (Å²) in [5.74, 6) is 0.186. The molecule has 1 atom stereocenters. The van der Waals surface area contributed by atoms with Gasteiger partial charge in [0.15, 0.2) is 4.34 Å². The van der Waals surface area contributed by atoms with Crippen molar-refractivity contribution in [1.29, 1.82) is 0 Å². The van der Waals surface area contributed by atoms with Crippen molar-refractivity contribution in [3.05, 3.63) is 0 Å². The van der Waals surface area contributed by atoms with E-state index in [1.54, 1.807) is 7.11 Å². The zero-order valence-electron chi connectivity index (χ0n) is 14.1. The van der Waals surface area contributed by atoms with E-state index in [-0.39, 0.29) is 11.2 Å². The van der Waals surface area contributed by atoms with Crippen LogP contribution in [0.2, 0.25) is 0 Å². The second kappa shape index (κ2) is 9.44. The molecular weight excluding hydrogens is 332 g/mol. The van der Waals surface area contributed by atoms with Crippen molar-refractivity contribution in [2.75, 3.05) is 32.6 Å². The first-order chi connectivity index (χ1) is 11.1. The number of rotatable bonds is 8. The van der Waals surface area contributed by atoms with E-state index >= 15 is 0 Å². The van der Waals surface area contributed by atoms with Crippen molar-refractivity contribution in [1.82, 2.24) is 15.1 Å². The fraction of sp³-hybridized carbons (Fsp3) is 0.800. The largest absolute Gasteiger partial charge is 0.383 e. The number of amides is 1. The summed E-state index contributed by atoms with van der Waals surface area (Å²) in [6.45, 7) is 3.28. The molecule has 0 bridgehead atoms. The van der Waals surface area contributed by atoms with E-state index in [2.05, 4.69) is 15.5 Å². The van der Waals surface area contributed by atoms with Crippen molar-refractivity contribution < 1.29 is 9.53 Å². The molecule has 1 fully saturated rings. The Morgan fingerprint density at radius 1 is 1.43 bits per heavy atom. The summed E-state index contributed by atoms with van der Waals surface area (Å²) in [7, 11) is 3.60. The third-order valence-corrected chi connectivity index (χ3v) is 6.14. The molecule has 1 aromatic heterocycles. The highest BCUT2D eigenvalue weighted by molar-refractivity contribution is 8.02. The van der Waals surface area contributed by atoms with Crippen molar-refractivity contribution in [2.45, 2.75) is 54.7 Å². The fourth-order valence-electron chi connectivity index (χ4n) is 2.73. The number of thioether (sulfide) groups is 1. The molecule has 23 heavy (non-hydrogen) atoms. The van der Waals surface area contributed by atoms with E-state index in [4.69, 9.17) is 4.74 Å². The first-order valence-corrected chi connectivity index (χ1v) is 9.81. The maximum atomic E-state index is 12.6. The maximum absolute atomic E-state index is 12.6. The van der Waals surface area contributed by atoms with Gasteiger partial charge in [0.25, 0.3) is 0 Å². The SMILES string of the molecule is COCCNc1nnc(SC(C)C(=O)N(C)C2CCCCC2)s1. The second-order valence-electron chi connectivity index (χ2n) is 5.79.